The van der Waals surface area contributed by atoms with Crippen LogP contribution in [0, 0.1) is 5.92 Å². The molecular formula is C21H21N3O2. The van der Waals surface area contributed by atoms with Gasteiger partial charge < -0.3 is 15.2 Å². The van der Waals surface area contributed by atoms with Crippen LogP contribution in [0.15, 0.2) is 54.6 Å². The van der Waals surface area contributed by atoms with E-state index in [9.17, 15) is 9.59 Å². The van der Waals surface area contributed by atoms with E-state index in [1.807, 2.05) is 66.1 Å². The normalized spacial score (nSPS) is 13.6. The van der Waals surface area contributed by atoms with Gasteiger partial charge in [-0.3, -0.25) is 9.59 Å². The summed E-state index contributed by atoms with van der Waals surface area (Å²) in [6.07, 6.45) is 1.95. The summed E-state index contributed by atoms with van der Waals surface area (Å²) in [5, 5.41) is 6.84. The van der Waals surface area contributed by atoms with Gasteiger partial charge in [0.1, 0.15) is 5.69 Å². The Morgan fingerprint density at radius 3 is 2.46 bits per heavy atom. The lowest BCUT2D eigenvalue weighted by Crippen LogP contribution is -2.16. The van der Waals surface area contributed by atoms with Crippen molar-refractivity contribution in [3.05, 3.63) is 60.3 Å². The van der Waals surface area contributed by atoms with Crippen molar-refractivity contribution in [1.29, 1.82) is 0 Å². The predicted molar refractivity (Wildman–Crippen MR) is 103 cm³/mol. The Balaban J connectivity index is 1.63. The molecule has 0 saturated heterocycles. The average molecular weight is 347 g/mol. The molecule has 2 aromatic carbocycles. The number of aryl methyl sites for hydroxylation is 1. The van der Waals surface area contributed by atoms with Crippen molar-refractivity contribution in [2.45, 2.75) is 26.3 Å². The van der Waals surface area contributed by atoms with Crippen LogP contribution < -0.4 is 10.6 Å². The molecule has 2 N–H and O–H groups in total. The Morgan fingerprint density at radius 1 is 1.00 bits per heavy atom. The summed E-state index contributed by atoms with van der Waals surface area (Å²) in [6, 6.07) is 17.1. The highest BCUT2D eigenvalue weighted by Crippen LogP contribution is 2.31. The number of rotatable bonds is 5. The van der Waals surface area contributed by atoms with Gasteiger partial charge in [-0.25, -0.2) is 0 Å². The summed E-state index contributed by atoms with van der Waals surface area (Å²) in [5.41, 5.74) is 3.13. The van der Waals surface area contributed by atoms with E-state index < -0.39 is 0 Å². The van der Waals surface area contributed by atoms with E-state index >= 15 is 0 Å². The molecule has 0 atom stereocenters. The first kappa shape index (κ1) is 16.4. The van der Waals surface area contributed by atoms with Crippen molar-refractivity contribution in [1.82, 2.24) is 4.57 Å². The van der Waals surface area contributed by atoms with Crippen LogP contribution in [-0.4, -0.2) is 16.4 Å². The van der Waals surface area contributed by atoms with Gasteiger partial charge in [-0.1, -0.05) is 18.2 Å². The molecule has 5 heteroatoms. The lowest BCUT2D eigenvalue weighted by molar-refractivity contribution is -0.117. The van der Waals surface area contributed by atoms with Crippen LogP contribution in [0.3, 0.4) is 0 Å². The number of fused-ring (bicyclic) bond motifs is 1. The number of anilines is 2. The second-order valence-electron chi connectivity index (χ2n) is 6.63. The van der Waals surface area contributed by atoms with Crippen LogP contribution in [0.25, 0.3) is 10.9 Å². The fourth-order valence-electron chi connectivity index (χ4n) is 3.18. The molecule has 0 aliphatic heterocycles. The zero-order valence-electron chi connectivity index (χ0n) is 14.7. The van der Waals surface area contributed by atoms with Crippen molar-refractivity contribution >= 4 is 34.1 Å². The highest BCUT2D eigenvalue weighted by Gasteiger charge is 2.29. The Bertz CT molecular complexity index is 972. The van der Waals surface area contributed by atoms with Crippen molar-refractivity contribution in [2.75, 3.05) is 10.6 Å². The molecule has 5 nitrogen and oxygen atoms in total. The second kappa shape index (κ2) is 6.67. The SMILES string of the molecule is CCn1c(C(=O)Nc2ccccc2)cc2cc(NC(=O)C3CC3)ccc21. The maximum absolute atomic E-state index is 12.7. The molecule has 2 amide bonds. The standard InChI is InChI=1S/C21H21N3O2/c1-2-24-18-11-10-17(23-20(25)14-8-9-14)12-15(18)13-19(24)21(26)22-16-6-4-3-5-7-16/h3-7,10-14H,2,8-9H2,1H3,(H,22,26)(H,23,25). The van der Waals surface area contributed by atoms with Crippen molar-refractivity contribution in [3.63, 3.8) is 0 Å². The van der Waals surface area contributed by atoms with Gasteiger partial charge >= 0.3 is 0 Å². The van der Waals surface area contributed by atoms with Crippen LogP contribution in [0.5, 0.6) is 0 Å². The van der Waals surface area contributed by atoms with E-state index in [0.29, 0.717) is 12.2 Å². The number of para-hydroxylation sites is 1. The van der Waals surface area contributed by atoms with Gasteiger partial charge in [0.2, 0.25) is 5.91 Å². The third kappa shape index (κ3) is 3.20. The molecule has 1 aliphatic rings. The van der Waals surface area contributed by atoms with E-state index in [2.05, 4.69) is 10.6 Å². The second-order valence-corrected chi connectivity index (χ2v) is 6.63. The third-order valence-electron chi connectivity index (χ3n) is 4.70. The van der Waals surface area contributed by atoms with E-state index in [-0.39, 0.29) is 17.7 Å². The number of carbonyl (C=O) groups is 2. The third-order valence-corrected chi connectivity index (χ3v) is 4.70. The zero-order chi connectivity index (χ0) is 18.1. The molecular weight excluding hydrogens is 326 g/mol. The molecule has 1 aromatic heterocycles. The molecule has 1 saturated carbocycles. The summed E-state index contributed by atoms with van der Waals surface area (Å²) in [7, 11) is 0. The molecule has 1 heterocycles. The first-order valence-corrected chi connectivity index (χ1v) is 8.96. The quantitative estimate of drug-likeness (QED) is 0.724. The number of carbonyl (C=O) groups excluding carboxylic acids is 2. The molecule has 1 fully saturated rings. The molecule has 26 heavy (non-hydrogen) atoms. The Hall–Kier alpha value is -3.08. The Labute approximate surface area is 152 Å². The molecule has 0 radical (unpaired) electrons. The van der Waals surface area contributed by atoms with E-state index in [4.69, 9.17) is 0 Å². The topological polar surface area (TPSA) is 63.1 Å². The highest BCUT2D eigenvalue weighted by atomic mass is 16.2. The van der Waals surface area contributed by atoms with Crippen LogP contribution in [0.1, 0.15) is 30.3 Å². The molecule has 3 aromatic rings. The number of nitrogens with one attached hydrogen (secondary N) is 2. The van der Waals surface area contributed by atoms with Crippen molar-refractivity contribution < 1.29 is 9.59 Å². The Morgan fingerprint density at radius 2 is 1.77 bits per heavy atom. The van der Waals surface area contributed by atoms with Gasteiger partial charge in [0.15, 0.2) is 0 Å². The van der Waals surface area contributed by atoms with Crippen LogP contribution in [0.4, 0.5) is 11.4 Å². The largest absolute Gasteiger partial charge is 0.337 e. The van der Waals surface area contributed by atoms with Crippen LogP contribution >= 0.6 is 0 Å². The number of hydrogen-bond donors (Lipinski definition) is 2. The van der Waals surface area contributed by atoms with Gasteiger partial charge in [-0.15, -0.1) is 0 Å². The van der Waals surface area contributed by atoms with Gasteiger partial charge in [0.25, 0.3) is 5.91 Å². The minimum Gasteiger partial charge on any atom is -0.337 e. The lowest BCUT2D eigenvalue weighted by atomic mass is 10.2. The summed E-state index contributed by atoms with van der Waals surface area (Å²) in [4.78, 5) is 24.7. The van der Waals surface area contributed by atoms with Crippen molar-refractivity contribution in [3.8, 4) is 0 Å². The number of aromatic nitrogens is 1. The van der Waals surface area contributed by atoms with Gasteiger partial charge in [-0.05, 0) is 56.2 Å². The molecule has 0 unspecified atom stereocenters. The fourth-order valence-corrected chi connectivity index (χ4v) is 3.18. The molecule has 4 rings (SSSR count). The fraction of sp³-hybridized carbons (Fsp3) is 0.238. The minimum absolute atomic E-state index is 0.0846. The van der Waals surface area contributed by atoms with Crippen LogP contribution in [0.2, 0.25) is 0 Å². The summed E-state index contributed by atoms with van der Waals surface area (Å²) in [6.45, 7) is 2.70. The van der Waals surface area contributed by atoms with E-state index in [1.165, 1.54) is 0 Å². The first-order valence-electron chi connectivity index (χ1n) is 8.96. The maximum Gasteiger partial charge on any atom is 0.272 e. The summed E-state index contributed by atoms with van der Waals surface area (Å²) in [5.74, 6) is 0.109. The molecule has 1 aliphatic carbocycles. The summed E-state index contributed by atoms with van der Waals surface area (Å²) < 4.78 is 1.99. The van der Waals surface area contributed by atoms with Gasteiger partial charge in [0, 0.05) is 34.7 Å². The highest BCUT2D eigenvalue weighted by molar-refractivity contribution is 6.07. The molecule has 132 valence electrons. The molecule has 0 spiro atoms. The number of nitrogens with zero attached hydrogens (tertiary/aromatic N) is 1. The molecule has 0 bridgehead atoms. The van der Waals surface area contributed by atoms with Crippen molar-refractivity contribution in [2.24, 2.45) is 5.92 Å². The maximum atomic E-state index is 12.7. The monoisotopic (exact) mass is 347 g/mol. The lowest BCUT2D eigenvalue weighted by Gasteiger charge is -2.09. The number of hydrogen-bond acceptors (Lipinski definition) is 2. The minimum atomic E-state index is -0.141. The number of amides is 2. The zero-order valence-corrected chi connectivity index (χ0v) is 14.7. The van der Waals surface area contributed by atoms with E-state index in [1.54, 1.807) is 0 Å². The number of benzene rings is 2. The average Bonchev–Trinajstić information content (AvgIpc) is 3.43. The van der Waals surface area contributed by atoms with Crippen LogP contribution in [-0.2, 0) is 11.3 Å². The Kier molecular flexibility index (Phi) is 4.21. The van der Waals surface area contributed by atoms with Gasteiger partial charge in [-0.2, -0.15) is 0 Å². The predicted octanol–water partition coefficient (Wildman–Crippen LogP) is 4.26. The summed E-state index contributed by atoms with van der Waals surface area (Å²) >= 11 is 0. The smallest absolute Gasteiger partial charge is 0.272 e. The van der Waals surface area contributed by atoms with Gasteiger partial charge in [0.05, 0.1) is 0 Å². The first-order chi connectivity index (χ1) is 12.7. The van der Waals surface area contributed by atoms with E-state index in [0.717, 1.165) is 35.1 Å².